The zero-order valence-electron chi connectivity index (χ0n) is 11.1. The second-order valence-corrected chi connectivity index (χ2v) is 8.07. The van der Waals surface area contributed by atoms with Crippen LogP contribution in [0.15, 0.2) is 21.6 Å². The molecule has 0 amide bonds. The van der Waals surface area contributed by atoms with Crippen molar-refractivity contribution < 1.29 is 9.47 Å². The van der Waals surface area contributed by atoms with Crippen molar-refractivity contribution in [2.75, 3.05) is 18.5 Å². The van der Waals surface area contributed by atoms with Crippen LogP contribution in [0.4, 0.5) is 0 Å². The highest BCUT2D eigenvalue weighted by molar-refractivity contribution is 9.28. The van der Waals surface area contributed by atoms with Crippen molar-refractivity contribution in [1.29, 1.82) is 0 Å². The van der Waals surface area contributed by atoms with Gasteiger partial charge in [-0.25, -0.2) is 0 Å². The summed E-state index contributed by atoms with van der Waals surface area (Å²) < 4.78 is 12.2. The van der Waals surface area contributed by atoms with E-state index in [1.807, 2.05) is 19.1 Å². The van der Waals surface area contributed by atoms with E-state index in [0.717, 1.165) is 38.6 Å². The molecule has 0 spiro atoms. The molecule has 0 N–H and O–H groups in total. The standard InChI is InChI=1S/C14H16Br3ClO2/c1-10-8-11(19-7-4-13(16)17)9-12(18)14(10)20-6-3-2-5-15/h4,8-9H,2-3,5-7H2,1H3. The molecule has 1 aromatic carbocycles. The van der Waals surface area contributed by atoms with Crippen LogP contribution in [0.5, 0.6) is 11.5 Å². The number of halogens is 4. The van der Waals surface area contributed by atoms with E-state index in [4.69, 9.17) is 21.1 Å². The van der Waals surface area contributed by atoms with Crippen molar-refractivity contribution in [3.05, 3.63) is 32.2 Å². The molecule has 1 aromatic rings. The van der Waals surface area contributed by atoms with Crippen molar-refractivity contribution >= 4 is 59.4 Å². The van der Waals surface area contributed by atoms with Crippen LogP contribution in [0.1, 0.15) is 18.4 Å². The minimum absolute atomic E-state index is 0.465. The summed E-state index contributed by atoms with van der Waals surface area (Å²) in [6, 6.07) is 3.71. The van der Waals surface area contributed by atoms with Crippen LogP contribution in [-0.2, 0) is 0 Å². The van der Waals surface area contributed by atoms with Crippen molar-refractivity contribution in [3.8, 4) is 11.5 Å². The lowest BCUT2D eigenvalue weighted by Crippen LogP contribution is -2.01. The third-order valence-corrected chi connectivity index (χ3v) is 3.95. The Balaban J connectivity index is 2.63. The topological polar surface area (TPSA) is 18.5 Å². The van der Waals surface area contributed by atoms with Crippen LogP contribution >= 0.6 is 59.4 Å². The summed E-state index contributed by atoms with van der Waals surface area (Å²) in [5.41, 5.74) is 0.980. The van der Waals surface area contributed by atoms with Gasteiger partial charge in [-0.1, -0.05) is 27.5 Å². The van der Waals surface area contributed by atoms with Crippen LogP contribution in [-0.4, -0.2) is 18.5 Å². The maximum absolute atomic E-state index is 6.24. The van der Waals surface area contributed by atoms with Gasteiger partial charge in [-0.05, 0) is 69.3 Å². The zero-order valence-corrected chi connectivity index (χ0v) is 16.6. The lowest BCUT2D eigenvalue weighted by molar-refractivity contribution is 0.306. The highest BCUT2D eigenvalue weighted by Gasteiger charge is 2.08. The van der Waals surface area contributed by atoms with Crippen LogP contribution in [0.2, 0.25) is 5.02 Å². The summed E-state index contributed by atoms with van der Waals surface area (Å²) in [5, 5.41) is 1.58. The first kappa shape index (κ1) is 18.3. The Kier molecular flexibility index (Phi) is 9.25. The summed E-state index contributed by atoms with van der Waals surface area (Å²) in [6.45, 7) is 3.10. The van der Waals surface area contributed by atoms with Gasteiger partial charge < -0.3 is 9.47 Å². The fourth-order valence-corrected chi connectivity index (χ4v) is 2.51. The molecule has 0 aliphatic heterocycles. The lowest BCUT2D eigenvalue weighted by atomic mass is 10.2. The Hall–Kier alpha value is 0.290. The Morgan fingerprint density at radius 1 is 1.25 bits per heavy atom. The second kappa shape index (κ2) is 10.1. The lowest BCUT2D eigenvalue weighted by Gasteiger charge is -2.13. The molecule has 112 valence electrons. The quantitative estimate of drug-likeness (QED) is 0.318. The smallest absolute Gasteiger partial charge is 0.141 e. The van der Waals surface area contributed by atoms with Crippen LogP contribution in [0, 0.1) is 6.92 Å². The van der Waals surface area contributed by atoms with Gasteiger partial charge in [0, 0.05) is 11.4 Å². The van der Waals surface area contributed by atoms with E-state index in [-0.39, 0.29) is 0 Å². The van der Waals surface area contributed by atoms with E-state index >= 15 is 0 Å². The Bertz CT molecular complexity index is 437. The largest absolute Gasteiger partial charge is 0.492 e. The maximum Gasteiger partial charge on any atom is 0.141 e. The molecule has 0 saturated carbocycles. The van der Waals surface area contributed by atoms with E-state index in [1.165, 1.54) is 0 Å². The number of hydrogen-bond acceptors (Lipinski definition) is 2. The third-order valence-electron chi connectivity index (χ3n) is 2.46. The van der Waals surface area contributed by atoms with Gasteiger partial charge in [0.05, 0.1) is 15.0 Å². The summed E-state index contributed by atoms with van der Waals surface area (Å²) in [6.07, 6.45) is 3.96. The molecule has 0 aliphatic rings. The fraction of sp³-hybridized carbons (Fsp3) is 0.429. The molecule has 1 rings (SSSR count). The van der Waals surface area contributed by atoms with Crippen molar-refractivity contribution in [2.24, 2.45) is 0 Å². The number of hydrogen-bond donors (Lipinski definition) is 0. The predicted octanol–water partition coefficient (Wildman–Crippen LogP) is 6.21. The zero-order chi connectivity index (χ0) is 15.0. The second-order valence-electron chi connectivity index (χ2n) is 4.10. The molecule has 0 aliphatic carbocycles. The van der Waals surface area contributed by atoms with E-state index in [0.29, 0.717) is 18.2 Å². The molecule has 0 radical (unpaired) electrons. The predicted molar refractivity (Wildman–Crippen MR) is 96.1 cm³/mol. The van der Waals surface area contributed by atoms with Gasteiger partial charge in [-0.2, -0.15) is 0 Å². The Morgan fingerprint density at radius 3 is 2.60 bits per heavy atom. The SMILES string of the molecule is Cc1cc(OCC=C(Br)Br)cc(Cl)c1OCCCCBr. The number of benzene rings is 1. The van der Waals surface area contributed by atoms with Gasteiger partial charge in [-0.15, -0.1) is 0 Å². The molecular weight excluding hydrogens is 475 g/mol. The maximum atomic E-state index is 6.24. The van der Waals surface area contributed by atoms with Gasteiger partial charge in [0.1, 0.15) is 18.1 Å². The highest BCUT2D eigenvalue weighted by atomic mass is 79.9. The van der Waals surface area contributed by atoms with Crippen LogP contribution in [0.3, 0.4) is 0 Å². The summed E-state index contributed by atoms with van der Waals surface area (Å²) >= 11 is 16.2. The van der Waals surface area contributed by atoms with E-state index in [1.54, 1.807) is 6.07 Å². The summed E-state index contributed by atoms with van der Waals surface area (Å²) in [5.74, 6) is 1.48. The average molecular weight is 491 g/mol. The molecule has 0 atom stereocenters. The molecule has 0 unspecified atom stereocenters. The van der Waals surface area contributed by atoms with Crippen LogP contribution in [0.25, 0.3) is 0 Å². The highest BCUT2D eigenvalue weighted by Crippen LogP contribution is 2.33. The first-order chi connectivity index (χ1) is 9.54. The molecule has 0 fully saturated rings. The third kappa shape index (κ3) is 6.83. The van der Waals surface area contributed by atoms with Gasteiger partial charge in [-0.3, -0.25) is 0 Å². The van der Waals surface area contributed by atoms with E-state index < -0.39 is 0 Å². The van der Waals surface area contributed by atoms with Gasteiger partial charge in [0.15, 0.2) is 0 Å². The molecule has 2 nitrogen and oxygen atoms in total. The van der Waals surface area contributed by atoms with Crippen LogP contribution < -0.4 is 9.47 Å². The van der Waals surface area contributed by atoms with Crippen molar-refractivity contribution in [2.45, 2.75) is 19.8 Å². The number of alkyl halides is 1. The molecule has 20 heavy (non-hydrogen) atoms. The summed E-state index contributed by atoms with van der Waals surface area (Å²) in [7, 11) is 0. The fourth-order valence-electron chi connectivity index (χ4n) is 1.54. The molecule has 0 bridgehead atoms. The molecule has 0 saturated heterocycles. The Labute approximate surface area is 150 Å². The molecular formula is C14H16Br3ClO2. The number of unbranched alkanes of at least 4 members (excludes halogenated alkanes) is 1. The summed E-state index contributed by atoms with van der Waals surface area (Å²) in [4.78, 5) is 0. The van der Waals surface area contributed by atoms with Crippen molar-refractivity contribution in [1.82, 2.24) is 0 Å². The van der Waals surface area contributed by atoms with Gasteiger partial charge in [0.25, 0.3) is 0 Å². The minimum atomic E-state index is 0.465. The van der Waals surface area contributed by atoms with Crippen molar-refractivity contribution in [3.63, 3.8) is 0 Å². The van der Waals surface area contributed by atoms with Gasteiger partial charge >= 0.3 is 0 Å². The Morgan fingerprint density at radius 2 is 2.00 bits per heavy atom. The minimum Gasteiger partial charge on any atom is -0.492 e. The molecule has 0 heterocycles. The molecule has 0 aromatic heterocycles. The number of rotatable bonds is 8. The number of aryl methyl sites for hydroxylation is 1. The number of ether oxygens (including phenoxy) is 2. The average Bonchev–Trinajstić information content (AvgIpc) is 2.36. The first-order valence-corrected chi connectivity index (χ1v) is 9.26. The normalized spacial score (nSPS) is 10.2. The first-order valence-electron chi connectivity index (χ1n) is 6.17. The van der Waals surface area contributed by atoms with Gasteiger partial charge in [0.2, 0.25) is 0 Å². The molecule has 6 heteroatoms. The monoisotopic (exact) mass is 488 g/mol. The van der Waals surface area contributed by atoms with E-state index in [9.17, 15) is 0 Å². The van der Waals surface area contributed by atoms with E-state index in [2.05, 4.69) is 47.8 Å².